The molecular weight excluding hydrogens is 554 g/mol. The van der Waals surface area contributed by atoms with Crippen LogP contribution in [0, 0.1) is 0 Å². The Morgan fingerprint density at radius 2 is 1.68 bits per heavy atom. The summed E-state index contributed by atoms with van der Waals surface area (Å²) in [6.07, 6.45) is -3.68. The average molecular weight is 582 g/mol. The molecule has 0 saturated heterocycles. The molecule has 2 rings (SSSR count). The Bertz CT molecular complexity index is 1210. The molecule has 0 saturated carbocycles. The Morgan fingerprint density at radius 1 is 1.08 bits per heavy atom. The predicted molar refractivity (Wildman–Crippen MR) is 138 cm³/mol. The standard InChI is InChI=1S/C24H28Cl2F3N3O4S/c1-4-21(23(34)30-2)31(15-18-19(25)10-6-11-20(18)26)22(33)12-7-13-32(37(3,35)36)17-9-5-8-16(14-17)24(27,28)29/h5-6,8-11,14,21H,4,7,12-13,15H2,1-3H3,(H,30,34)/t21-/m0/s1. The smallest absolute Gasteiger partial charge is 0.357 e. The van der Waals surface area contributed by atoms with Crippen molar-refractivity contribution in [2.45, 2.75) is 44.9 Å². The Labute approximate surface area is 224 Å². The number of nitrogens with zero attached hydrogens (tertiary/aromatic N) is 2. The van der Waals surface area contributed by atoms with Gasteiger partial charge in [-0.1, -0.05) is 42.3 Å². The van der Waals surface area contributed by atoms with E-state index in [2.05, 4.69) is 5.32 Å². The van der Waals surface area contributed by atoms with Gasteiger partial charge < -0.3 is 10.2 Å². The van der Waals surface area contributed by atoms with Gasteiger partial charge in [0.2, 0.25) is 21.8 Å². The van der Waals surface area contributed by atoms with E-state index < -0.39 is 39.6 Å². The minimum absolute atomic E-state index is 0.0148. The lowest BCUT2D eigenvalue weighted by Crippen LogP contribution is -2.48. The van der Waals surface area contributed by atoms with Crippen LogP contribution >= 0.6 is 23.2 Å². The lowest BCUT2D eigenvalue weighted by atomic mass is 10.1. The second-order valence-electron chi connectivity index (χ2n) is 8.25. The molecule has 0 radical (unpaired) electrons. The van der Waals surface area contributed by atoms with E-state index in [1.54, 1.807) is 25.1 Å². The van der Waals surface area contributed by atoms with Crippen LogP contribution < -0.4 is 9.62 Å². The first-order valence-electron chi connectivity index (χ1n) is 11.3. The molecule has 0 fully saturated rings. The maximum absolute atomic E-state index is 13.3. The Hall–Kier alpha value is -2.50. The number of rotatable bonds is 11. The van der Waals surface area contributed by atoms with Gasteiger partial charge >= 0.3 is 6.18 Å². The number of benzene rings is 2. The normalized spacial score (nSPS) is 12.6. The van der Waals surface area contributed by atoms with E-state index in [4.69, 9.17) is 23.2 Å². The van der Waals surface area contributed by atoms with Crippen LogP contribution in [-0.4, -0.2) is 51.0 Å². The molecule has 204 valence electrons. The van der Waals surface area contributed by atoms with Crippen molar-refractivity contribution in [1.29, 1.82) is 0 Å². The number of hydrogen-bond donors (Lipinski definition) is 1. The van der Waals surface area contributed by atoms with Crippen LogP contribution in [-0.2, 0) is 32.3 Å². The second kappa shape index (κ2) is 12.8. The highest BCUT2D eigenvalue weighted by Crippen LogP contribution is 2.32. The summed E-state index contributed by atoms with van der Waals surface area (Å²) < 4.78 is 65.0. The molecule has 7 nitrogen and oxygen atoms in total. The number of carbonyl (C=O) groups is 2. The highest BCUT2D eigenvalue weighted by molar-refractivity contribution is 7.92. The molecule has 37 heavy (non-hydrogen) atoms. The topological polar surface area (TPSA) is 86.8 Å². The summed E-state index contributed by atoms with van der Waals surface area (Å²) >= 11 is 12.5. The van der Waals surface area contributed by atoms with Gasteiger partial charge in [0.15, 0.2) is 0 Å². The van der Waals surface area contributed by atoms with E-state index in [9.17, 15) is 31.2 Å². The molecule has 13 heteroatoms. The molecule has 0 aliphatic carbocycles. The van der Waals surface area contributed by atoms with E-state index in [0.717, 1.165) is 28.8 Å². The van der Waals surface area contributed by atoms with Gasteiger partial charge in [-0.15, -0.1) is 0 Å². The van der Waals surface area contributed by atoms with Gasteiger partial charge in [0, 0.05) is 42.2 Å². The first-order valence-corrected chi connectivity index (χ1v) is 13.9. The molecule has 0 aromatic heterocycles. The number of likely N-dealkylation sites (N-methyl/N-ethyl adjacent to an activating group) is 1. The van der Waals surface area contributed by atoms with Crippen molar-refractivity contribution in [2.24, 2.45) is 0 Å². The number of anilines is 1. The maximum Gasteiger partial charge on any atom is 0.416 e. The van der Waals surface area contributed by atoms with E-state index in [1.165, 1.54) is 18.0 Å². The van der Waals surface area contributed by atoms with Crippen LogP contribution in [0.2, 0.25) is 10.0 Å². The maximum atomic E-state index is 13.3. The quantitative estimate of drug-likeness (QED) is 0.399. The molecule has 0 bridgehead atoms. The van der Waals surface area contributed by atoms with Gasteiger partial charge in [0.25, 0.3) is 0 Å². The molecule has 1 atom stereocenters. The Balaban J connectivity index is 2.28. The molecular formula is C24H28Cl2F3N3O4S. The molecule has 0 aliphatic rings. The summed E-state index contributed by atoms with van der Waals surface area (Å²) in [5, 5.41) is 3.14. The van der Waals surface area contributed by atoms with Crippen LogP contribution in [0.3, 0.4) is 0 Å². The summed E-state index contributed by atoms with van der Waals surface area (Å²) in [4.78, 5) is 27.1. The fourth-order valence-electron chi connectivity index (χ4n) is 3.78. The molecule has 1 N–H and O–H groups in total. The Kier molecular flexibility index (Phi) is 10.7. The summed E-state index contributed by atoms with van der Waals surface area (Å²) in [7, 11) is -2.51. The third-order valence-corrected chi connectivity index (χ3v) is 7.54. The molecule has 0 unspecified atom stereocenters. The van der Waals surface area contributed by atoms with Gasteiger partial charge in [-0.25, -0.2) is 8.42 Å². The zero-order chi connectivity index (χ0) is 28.0. The highest BCUT2D eigenvalue weighted by atomic mass is 35.5. The highest BCUT2D eigenvalue weighted by Gasteiger charge is 2.32. The van der Waals surface area contributed by atoms with E-state index >= 15 is 0 Å². The largest absolute Gasteiger partial charge is 0.416 e. The van der Waals surface area contributed by atoms with E-state index in [-0.39, 0.29) is 38.0 Å². The number of hydrogen-bond acceptors (Lipinski definition) is 4. The molecule has 2 amide bonds. The average Bonchev–Trinajstić information content (AvgIpc) is 2.81. The van der Waals surface area contributed by atoms with Crippen molar-refractivity contribution in [1.82, 2.24) is 10.2 Å². The third kappa shape index (κ3) is 8.24. The van der Waals surface area contributed by atoms with E-state index in [1.807, 2.05) is 0 Å². The summed E-state index contributed by atoms with van der Waals surface area (Å²) in [5.41, 5.74) is -0.710. The second-order valence-corrected chi connectivity index (χ2v) is 11.0. The lowest BCUT2D eigenvalue weighted by molar-refractivity contribution is -0.141. The van der Waals surface area contributed by atoms with Crippen molar-refractivity contribution in [3.8, 4) is 0 Å². The van der Waals surface area contributed by atoms with Crippen LogP contribution in [0.5, 0.6) is 0 Å². The van der Waals surface area contributed by atoms with Crippen molar-refractivity contribution < 1.29 is 31.2 Å². The molecule has 2 aromatic rings. The van der Waals surface area contributed by atoms with Crippen molar-refractivity contribution in [3.63, 3.8) is 0 Å². The van der Waals surface area contributed by atoms with Gasteiger partial charge in [-0.3, -0.25) is 13.9 Å². The van der Waals surface area contributed by atoms with Crippen LogP contribution in [0.4, 0.5) is 18.9 Å². The fourth-order valence-corrected chi connectivity index (χ4v) is 5.26. The third-order valence-electron chi connectivity index (χ3n) is 5.64. The number of alkyl halides is 3. The molecule has 2 aromatic carbocycles. The summed E-state index contributed by atoms with van der Waals surface area (Å²) in [5.74, 6) is -0.871. The van der Waals surface area contributed by atoms with Crippen molar-refractivity contribution in [2.75, 3.05) is 24.2 Å². The van der Waals surface area contributed by atoms with Crippen LogP contribution in [0.25, 0.3) is 0 Å². The molecule has 0 aliphatic heterocycles. The van der Waals surface area contributed by atoms with Gasteiger partial charge in [-0.05, 0) is 43.2 Å². The van der Waals surface area contributed by atoms with E-state index in [0.29, 0.717) is 15.6 Å². The zero-order valence-electron chi connectivity index (χ0n) is 20.5. The number of amides is 2. The fraction of sp³-hybridized carbons (Fsp3) is 0.417. The summed E-state index contributed by atoms with van der Waals surface area (Å²) in [6, 6.07) is 7.95. The minimum Gasteiger partial charge on any atom is -0.357 e. The lowest BCUT2D eigenvalue weighted by Gasteiger charge is -2.31. The number of sulfonamides is 1. The van der Waals surface area contributed by atoms with Crippen molar-refractivity contribution in [3.05, 3.63) is 63.6 Å². The molecule has 0 spiro atoms. The SMILES string of the molecule is CC[C@@H](C(=O)NC)N(Cc1c(Cl)cccc1Cl)C(=O)CCCN(c1cccc(C(F)(F)F)c1)S(C)(=O)=O. The van der Waals surface area contributed by atoms with Crippen LogP contribution in [0.1, 0.15) is 37.3 Å². The Morgan fingerprint density at radius 3 is 2.19 bits per heavy atom. The number of halogens is 5. The number of carbonyl (C=O) groups excluding carboxylic acids is 2. The first kappa shape index (κ1) is 30.7. The number of nitrogens with one attached hydrogen (secondary N) is 1. The predicted octanol–water partition coefficient (Wildman–Crippen LogP) is 5.11. The van der Waals surface area contributed by atoms with Gasteiger partial charge in [-0.2, -0.15) is 13.2 Å². The first-order chi connectivity index (χ1) is 17.2. The zero-order valence-corrected chi connectivity index (χ0v) is 22.8. The monoisotopic (exact) mass is 581 g/mol. The van der Waals surface area contributed by atoms with Crippen molar-refractivity contribution >= 4 is 50.7 Å². The summed E-state index contributed by atoms with van der Waals surface area (Å²) in [6.45, 7) is 1.42. The minimum atomic E-state index is -4.65. The molecule has 0 heterocycles. The van der Waals surface area contributed by atoms with Gasteiger partial charge in [0.1, 0.15) is 6.04 Å². The van der Waals surface area contributed by atoms with Gasteiger partial charge in [0.05, 0.1) is 17.5 Å². The van der Waals surface area contributed by atoms with Crippen LogP contribution in [0.15, 0.2) is 42.5 Å².